The summed E-state index contributed by atoms with van der Waals surface area (Å²) in [5.41, 5.74) is 0.993. The van der Waals surface area contributed by atoms with Crippen LogP contribution in [0.2, 0.25) is 5.02 Å². The first-order valence-corrected chi connectivity index (χ1v) is 13.3. The van der Waals surface area contributed by atoms with Gasteiger partial charge in [0.25, 0.3) is 0 Å². The molecule has 6 nitrogen and oxygen atoms in total. The van der Waals surface area contributed by atoms with Gasteiger partial charge in [0.15, 0.2) is 0 Å². The maximum atomic E-state index is 12.9. The molecule has 1 fully saturated rings. The van der Waals surface area contributed by atoms with E-state index >= 15 is 0 Å². The number of likely N-dealkylation sites (tertiary alicyclic amines) is 1. The zero-order valence-corrected chi connectivity index (χ0v) is 22.7. The van der Waals surface area contributed by atoms with E-state index in [0.717, 1.165) is 35.0 Å². The summed E-state index contributed by atoms with van der Waals surface area (Å²) in [6.07, 6.45) is -1.66. The number of aliphatic carboxylic acids is 1. The van der Waals surface area contributed by atoms with Gasteiger partial charge in [-0.3, -0.25) is 14.7 Å². The van der Waals surface area contributed by atoms with E-state index in [2.05, 4.69) is 16.8 Å². The van der Waals surface area contributed by atoms with E-state index in [1.165, 1.54) is 6.07 Å². The van der Waals surface area contributed by atoms with Gasteiger partial charge in [-0.1, -0.05) is 23.4 Å². The van der Waals surface area contributed by atoms with E-state index < -0.39 is 23.8 Å². The smallest absolute Gasteiger partial charge is 0.416 e. The molecule has 4 rings (SSSR count). The predicted octanol–water partition coefficient (Wildman–Crippen LogP) is 6.19. The summed E-state index contributed by atoms with van der Waals surface area (Å²) >= 11 is 6.00. The fraction of sp³-hybridized carbons (Fsp3) is 0.400. The fourth-order valence-corrected chi connectivity index (χ4v) is 5.49. The number of alkyl halides is 3. The third-order valence-electron chi connectivity index (χ3n) is 7.39. The van der Waals surface area contributed by atoms with Crippen molar-refractivity contribution >= 4 is 28.5 Å². The van der Waals surface area contributed by atoms with Crippen LogP contribution in [0.5, 0.6) is 5.75 Å². The number of carboxylic acids is 1. The molecule has 2 N–H and O–H groups in total. The standard InChI is InChI=1S/C30H30ClF3N2O4/c1-40-23-7-8-27-25(17-23)24(10-12-35-27)28(37)9-5-19-11-14-36(18-21(19)15-29(38)39)13-2-3-20-4-6-22(16-26(20)31)30(32,33)34/h4,6-8,10,12,16-17,19,21,28,37H,5,9,11,13-15,18H2,1H3,(H,38,39)/t19-,21+,28?/m1/s1. The number of ether oxygens (including phenoxy) is 1. The quantitative estimate of drug-likeness (QED) is 0.312. The Hall–Kier alpha value is -3.32. The molecule has 3 aromatic rings. The SMILES string of the molecule is COc1ccc2nccc(C(O)CC[C@@H]3CCN(CC#Cc4ccc(C(F)(F)F)cc4Cl)C[C@@H]3CC(=O)O)c2c1. The van der Waals surface area contributed by atoms with Gasteiger partial charge < -0.3 is 14.9 Å². The van der Waals surface area contributed by atoms with Crippen LogP contribution in [0.4, 0.5) is 13.2 Å². The van der Waals surface area contributed by atoms with Crippen molar-refractivity contribution in [3.63, 3.8) is 0 Å². The molecule has 0 aliphatic carbocycles. The summed E-state index contributed by atoms with van der Waals surface area (Å²) in [6, 6.07) is 10.4. The average Bonchev–Trinajstić information content (AvgIpc) is 2.91. The monoisotopic (exact) mass is 574 g/mol. The highest BCUT2D eigenvalue weighted by Gasteiger charge is 2.32. The zero-order valence-electron chi connectivity index (χ0n) is 21.9. The summed E-state index contributed by atoms with van der Waals surface area (Å²) in [6.45, 7) is 1.56. The second kappa shape index (κ2) is 12.9. The van der Waals surface area contributed by atoms with E-state index in [-0.39, 0.29) is 23.3 Å². The molecule has 0 spiro atoms. The van der Waals surface area contributed by atoms with Crippen molar-refractivity contribution in [2.75, 3.05) is 26.7 Å². The number of aromatic nitrogens is 1. The minimum Gasteiger partial charge on any atom is -0.497 e. The van der Waals surface area contributed by atoms with Crippen molar-refractivity contribution in [1.82, 2.24) is 9.88 Å². The Morgan fingerprint density at radius 3 is 2.73 bits per heavy atom. The first-order chi connectivity index (χ1) is 19.0. The second-order valence-corrected chi connectivity index (χ2v) is 10.4. The highest BCUT2D eigenvalue weighted by atomic mass is 35.5. The molecule has 1 aliphatic rings. The van der Waals surface area contributed by atoms with Crippen molar-refractivity contribution in [2.24, 2.45) is 11.8 Å². The maximum Gasteiger partial charge on any atom is 0.416 e. The number of aliphatic hydroxyl groups excluding tert-OH is 1. The number of halogens is 4. The van der Waals surface area contributed by atoms with Crippen molar-refractivity contribution in [1.29, 1.82) is 0 Å². The zero-order chi connectivity index (χ0) is 28.9. The average molecular weight is 575 g/mol. The van der Waals surface area contributed by atoms with Gasteiger partial charge in [0, 0.05) is 30.1 Å². The lowest BCUT2D eigenvalue weighted by Crippen LogP contribution is -2.41. The van der Waals surface area contributed by atoms with Crippen molar-refractivity contribution < 1.29 is 32.9 Å². The lowest BCUT2D eigenvalue weighted by atomic mass is 9.79. The number of aliphatic hydroxyl groups is 1. The maximum absolute atomic E-state index is 12.9. The highest BCUT2D eigenvalue weighted by Crippen LogP contribution is 2.35. The molecule has 212 valence electrons. The summed E-state index contributed by atoms with van der Waals surface area (Å²) in [5, 5.41) is 21.3. The largest absolute Gasteiger partial charge is 0.497 e. The molecule has 1 unspecified atom stereocenters. The first-order valence-electron chi connectivity index (χ1n) is 13.0. The van der Waals surface area contributed by atoms with Gasteiger partial charge in [-0.25, -0.2) is 0 Å². The van der Waals surface area contributed by atoms with Crippen molar-refractivity contribution in [3.8, 4) is 17.6 Å². The summed E-state index contributed by atoms with van der Waals surface area (Å²) < 4.78 is 43.9. The Balaban J connectivity index is 1.38. The van der Waals surface area contributed by atoms with Crippen LogP contribution in [0.3, 0.4) is 0 Å². The van der Waals surface area contributed by atoms with Crippen molar-refractivity contribution in [2.45, 2.75) is 38.0 Å². The minimum absolute atomic E-state index is 0.00477. The van der Waals surface area contributed by atoms with E-state index in [4.69, 9.17) is 16.3 Å². The van der Waals surface area contributed by atoms with E-state index in [9.17, 15) is 28.2 Å². The van der Waals surface area contributed by atoms with E-state index in [1.54, 1.807) is 19.4 Å². The molecule has 0 bridgehead atoms. The molecular weight excluding hydrogens is 545 g/mol. The molecule has 2 aromatic carbocycles. The molecule has 1 saturated heterocycles. The molecule has 1 aromatic heterocycles. The summed E-state index contributed by atoms with van der Waals surface area (Å²) in [4.78, 5) is 18.0. The molecule has 1 aliphatic heterocycles. The molecule has 3 atom stereocenters. The second-order valence-electron chi connectivity index (χ2n) is 10.0. The van der Waals surface area contributed by atoms with Gasteiger partial charge in [-0.15, -0.1) is 0 Å². The third-order valence-corrected chi connectivity index (χ3v) is 7.70. The molecule has 0 saturated carbocycles. The molecule has 0 radical (unpaired) electrons. The number of methoxy groups -OCH3 is 1. The molecule has 0 amide bonds. The predicted molar refractivity (Wildman–Crippen MR) is 146 cm³/mol. The fourth-order valence-electron chi connectivity index (χ4n) is 5.27. The number of rotatable bonds is 8. The van der Waals surface area contributed by atoms with Crippen LogP contribution >= 0.6 is 11.6 Å². The number of nitrogens with zero attached hydrogens (tertiary/aromatic N) is 2. The molecular formula is C30H30ClF3N2O4. The Bertz CT molecular complexity index is 1420. The number of hydrogen-bond acceptors (Lipinski definition) is 5. The summed E-state index contributed by atoms with van der Waals surface area (Å²) in [5.74, 6) is 5.58. The van der Waals surface area contributed by atoms with Crippen LogP contribution in [0.1, 0.15) is 48.5 Å². The van der Waals surface area contributed by atoms with E-state index in [0.29, 0.717) is 43.8 Å². The lowest BCUT2D eigenvalue weighted by molar-refractivity contribution is -0.139. The number of hydrogen-bond donors (Lipinski definition) is 2. The minimum atomic E-state index is -4.48. The topological polar surface area (TPSA) is 82.9 Å². The van der Waals surface area contributed by atoms with Crippen LogP contribution < -0.4 is 4.74 Å². The highest BCUT2D eigenvalue weighted by molar-refractivity contribution is 6.31. The number of fused-ring (bicyclic) bond motifs is 1. The van der Waals surface area contributed by atoms with Gasteiger partial charge in [0.2, 0.25) is 0 Å². The Morgan fingerprint density at radius 1 is 1.23 bits per heavy atom. The van der Waals surface area contributed by atoms with Crippen LogP contribution in [-0.2, 0) is 11.0 Å². The number of carbonyl (C=O) groups is 1. The van der Waals surface area contributed by atoms with Crippen LogP contribution in [0.25, 0.3) is 10.9 Å². The van der Waals surface area contributed by atoms with Crippen LogP contribution in [-0.4, -0.2) is 52.8 Å². The van der Waals surface area contributed by atoms with Gasteiger partial charge in [-0.05, 0) is 85.7 Å². The van der Waals surface area contributed by atoms with E-state index in [1.807, 2.05) is 23.1 Å². The normalized spacial score (nSPS) is 18.6. The molecule has 40 heavy (non-hydrogen) atoms. The van der Waals surface area contributed by atoms with Gasteiger partial charge in [0.1, 0.15) is 5.75 Å². The van der Waals surface area contributed by atoms with Crippen LogP contribution in [0, 0.1) is 23.7 Å². The van der Waals surface area contributed by atoms with Gasteiger partial charge in [0.05, 0.1) is 35.9 Å². The Kier molecular flexibility index (Phi) is 9.56. The van der Waals surface area contributed by atoms with Crippen LogP contribution in [0.15, 0.2) is 48.7 Å². The third kappa shape index (κ3) is 7.45. The number of benzene rings is 2. The number of pyridine rings is 1. The summed E-state index contributed by atoms with van der Waals surface area (Å²) in [7, 11) is 1.58. The molecule has 10 heteroatoms. The molecule has 2 heterocycles. The Labute approximate surface area is 235 Å². The first kappa shape index (κ1) is 29.7. The van der Waals surface area contributed by atoms with Gasteiger partial charge >= 0.3 is 12.1 Å². The Morgan fingerprint density at radius 2 is 2.02 bits per heavy atom. The number of carboxylic acid groups (broad SMARTS) is 1. The number of piperidine rings is 1. The lowest BCUT2D eigenvalue weighted by Gasteiger charge is -2.37. The van der Waals surface area contributed by atoms with Gasteiger partial charge in [-0.2, -0.15) is 13.2 Å². The van der Waals surface area contributed by atoms with Crippen molar-refractivity contribution in [3.05, 3.63) is 70.4 Å².